The molecule has 1 aromatic rings. The van der Waals surface area contributed by atoms with Crippen LogP contribution in [0.4, 0.5) is 0 Å². The molecule has 1 aliphatic heterocycles. The van der Waals surface area contributed by atoms with Crippen molar-refractivity contribution in [2.75, 3.05) is 19.6 Å². The van der Waals surface area contributed by atoms with Crippen LogP contribution in [-0.4, -0.2) is 50.2 Å². The molecule has 0 aromatic heterocycles. The van der Waals surface area contributed by atoms with Crippen molar-refractivity contribution in [3.8, 4) is 0 Å². The molecule has 1 aromatic carbocycles. The fourth-order valence-electron chi connectivity index (χ4n) is 2.82. The molecular formula is C17H24BrN3O4S. The predicted octanol–water partition coefficient (Wildman–Crippen LogP) is 1.49. The first kappa shape index (κ1) is 20.9. The summed E-state index contributed by atoms with van der Waals surface area (Å²) in [5.74, 6) is -1.01. The number of benzene rings is 1. The van der Waals surface area contributed by atoms with Gasteiger partial charge in [0.25, 0.3) is 0 Å². The number of nitrogens with one attached hydrogen (secondary N) is 2. The Morgan fingerprint density at radius 1 is 1.27 bits per heavy atom. The van der Waals surface area contributed by atoms with Crippen molar-refractivity contribution >= 4 is 37.8 Å². The van der Waals surface area contributed by atoms with E-state index in [1.165, 1.54) is 4.31 Å². The SMILES string of the molecule is CC(C)NC(=O)CNC(=O)C1CCCN(S(=O)(=O)c2ccc(Br)cc2)C1. The zero-order valence-corrected chi connectivity index (χ0v) is 17.3. The van der Waals surface area contributed by atoms with E-state index in [2.05, 4.69) is 26.6 Å². The normalized spacial score (nSPS) is 18.5. The third-order valence-corrected chi connectivity index (χ3v) is 6.49. The van der Waals surface area contributed by atoms with E-state index in [4.69, 9.17) is 0 Å². The van der Waals surface area contributed by atoms with Gasteiger partial charge in [0, 0.05) is 23.6 Å². The molecular weight excluding hydrogens is 422 g/mol. The number of piperidine rings is 1. The van der Waals surface area contributed by atoms with Gasteiger partial charge in [0.15, 0.2) is 0 Å². The van der Waals surface area contributed by atoms with E-state index < -0.39 is 15.9 Å². The van der Waals surface area contributed by atoms with Gasteiger partial charge in [-0.2, -0.15) is 4.31 Å². The number of amides is 2. The molecule has 0 spiro atoms. The topological polar surface area (TPSA) is 95.6 Å². The molecule has 9 heteroatoms. The third kappa shape index (κ3) is 5.52. The zero-order chi connectivity index (χ0) is 19.3. The van der Waals surface area contributed by atoms with E-state index in [0.29, 0.717) is 19.4 Å². The number of hydrogen-bond donors (Lipinski definition) is 2. The molecule has 2 N–H and O–H groups in total. The molecule has 2 rings (SSSR count). The average molecular weight is 446 g/mol. The number of rotatable bonds is 6. The van der Waals surface area contributed by atoms with Crippen LogP contribution < -0.4 is 10.6 Å². The minimum Gasteiger partial charge on any atom is -0.352 e. The van der Waals surface area contributed by atoms with Gasteiger partial charge in [-0.05, 0) is 51.0 Å². The summed E-state index contributed by atoms with van der Waals surface area (Å²) in [5.41, 5.74) is 0. The van der Waals surface area contributed by atoms with Crippen LogP contribution in [0.15, 0.2) is 33.6 Å². The van der Waals surface area contributed by atoms with Gasteiger partial charge in [-0.15, -0.1) is 0 Å². The van der Waals surface area contributed by atoms with Gasteiger partial charge >= 0.3 is 0 Å². The van der Waals surface area contributed by atoms with Crippen molar-refractivity contribution in [2.24, 2.45) is 5.92 Å². The highest BCUT2D eigenvalue weighted by Crippen LogP contribution is 2.24. The molecule has 1 unspecified atom stereocenters. The van der Waals surface area contributed by atoms with Crippen LogP contribution in [0.2, 0.25) is 0 Å². The second-order valence-corrected chi connectivity index (χ2v) is 9.45. The van der Waals surface area contributed by atoms with Crippen LogP contribution in [-0.2, 0) is 19.6 Å². The van der Waals surface area contributed by atoms with Gasteiger partial charge in [0.05, 0.1) is 17.4 Å². The molecule has 0 saturated carbocycles. The summed E-state index contributed by atoms with van der Waals surface area (Å²) in [7, 11) is -3.64. The Labute approximate surface area is 162 Å². The third-order valence-electron chi connectivity index (χ3n) is 4.08. The van der Waals surface area contributed by atoms with E-state index >= 15 is 0 Å². The Hall–Kier alpha value is -1.45. The molecule has 1 saturated heterocycles. The Kier molecular flexibility index (Phi) is 7.19. The maximum Gasteiger partial charge on any atom is 0.243 e. The lowest BCUT2D eigenvalue weighted by atomic mass is 9.99. The molecule has 7 nitrogen and oxygen atoms in total. The van der Waals surface area contributed by atoms with Crippen LogP contribution >= 0.6 is 15.9 Å². The summed E-state index contributed by atoms with van der Waals surface area (Å²) in [6, 6.07) is 6.43. The van der Waals surface area contributed by atoms with Crippen LogP contribution in [0.3, 0.4) is 0 Å². The summed E-state index contributed by atoms with van der Waals surface area (Å²) in [6.07, 6.45) is 1.20. The molecule has 0 radical (unpaired) electrons. The summed E-state index contributed by atoms with van der Waals surface area (Å²) < 4.78 is 27.7. The highest BCUT2D eigenvalue weighted by atomic mass is 79.9. The highest BCUT2D eigenvalue weighted by Gasteiger charge is 2.33. The number of carbonyl (C=O) groups is 2. The Balaban J connectivity index is 1.98. The molecule has 144 valence electrons. The summed E-state index contributed by atoms with van der Waals surface area (Å²) in [4.78, 5) is 24.2. The average Bonchev–Trinajstić information content (AvgIpc) is 2.59. The monoisotopic (exact) mass is 445 g/mol. The van der Waals surface area contributed by atoms with Crippen molar-refractivity contribution in [3.63, 3.8) is 0 Å². The van der Waals surface area contributed by atoms with Crippen LogP contribution in [0.25, 0.3) is 0 Å². The number of hydrogen-bond acceptors (Lipinski definition) is 4. The standard InChI is InChI=1S/C17H24BrN3O4S/c1-12(2)20-16(22)10-19-17(23)13-4-3-9-21(11-13)26(24,25)15-7-5-14(18)6-8-15/h5-8,12-13H,3-4,9-11H2,1-2H3,(H,19,23)(H,20,22). The summed E-state index contributed by atoms with van der Waals surface area (Å²) >= 11 is 3.29. The van der Waals surface area contributed by atoms with Gasteiger partial charge in [0.2, 0.25) is 21.8 Å². The van der Waals surface area contributed by atoms with Gasteiger partial charge in [-0.3, -0.25) is 9.59 Å². The molecule has 1 fully saturated rings. The maximum absolute atomic E-state index is 12.8. The van der Waals surface area contributed by atoms with Gasteiger partial charge < -0.3 is 10.6 Å². The minimum atomic E-state index is -3.64. The number of nitrogens with zero attached hydrogens (tertiary/aromatic N) is 1. The molecule has 0 bridgehead atoms. The molecule has 26 heavy (non-hydrogen) atoms. The van der Waals surface area contributed by atoms with Gasteiger partial charge in [-0.25, -0.2) is 8.42 Å². The van der Waals surface area contributed by atoms with Crippen molar-refractivity contribution < 1.29 is 18.0 Å². The largest absolute Gasteiger partial charge is 0.352 e. The minimum absolute atomic E-state index is 0.000580. The van der Waals surface area contributed by atoms with E-state index in [-0.39, 0.29) is 35.8 Å². The van der Waals surface area contributed by atoms with Crippen molar-refractivity contribution in [1.82, 2.24) is 14.9 Å². The molecule has 0 aliphatic carbocycles. The first-order valence-corrected chi connectivity index (χ1v) is 10.8. The van der Waals surface area contributed by atoms with Crippen molar-refractivity contribution in [1.29, 1.82) is 0 Å². The Bertz CT molecular complexity index is 750. The predicted molar refractivity (Wildman–Crippen MR) is 102 cm³/mol. The van der Waals surface area contributed by atoms with E-state index in [1.54, 1.807) is 24.3 Å². The summed E-state index contributed by atoms with van der Waals surface area (Å²) in [6.45, 7) is 4.08. The lowest BCUT2D eigenvalue weighted by Gasteiger charge is -2.31. The molecule has 1 heterocycles. The fraction of sp³-hybridized carbons (Fsp3) is 0.529. The quantitative estimate of drug-likeness (QED) is 0.692. The van der Waals surface area contributed by atoms with E-state index in [1.807, 2.05) is 13.8 Å². The lowest BCUT2D eigenvalue weighted by molar-refractivity contribution is -0.129. The first-order valence-electron chi connectivity index (χ1n) is 8.53. The Morgan fingerprint density at radius 3 is 2.54 bits per heavy atom. The van der Waals surface area contributed by atoms with E-state index in [0.717, 1.165) is 4.47 Å². The zero-order valence-electron chi connectivity index (χ0n) is 14.9. The van der Waals surface area contributed by atoms with Crippen LogP contribution in [0.1, 0.15) is 26.7 Å². The number of halogens is 1. The fourth-order valence-corrected chi connectivity index (χ4v) is 4.60. The molecule has 1 atom stereocenters. The van der Waals surface area contributed by atoms with Crippen molar-refractivity contribution in [2.45, 2.75) is 37.6 Å². The molecule has 2 amide bonds. The van der Waals surface area contributed by atoms with Gasteiger partial charge in [-0.1, -0.05) is 15.9 Å². The Morgan fingerprint density at radius 2 is 1.92 bits per heavy atom. The summed E-state index contributed by atoms with van der Waals surface area (Å²) in [5, 5.41) is 5.29. The van der Waals surface area contributed by atoms with Crippen molar-refractivity contribution in [3.05, 3.63) is 28.7 Å². The smallest absolute Gasteiger partial charge is 0.243 e. The van der Waals surface area contributed by atoms with E-state index in [9.17, 15) is 18.0 Å². The second-order valence-electron chi connectivity index (χ2n) is 6.60. The van der Waals surface area contributed by atoms with Crippen LogP contribution in [0, 0.1) is 5.92 Å². The maximum atomic E-state index is 12.8. The van der Waals surface area contributed by atoms with Gasteiger partial charge in [0.1, 0.15) is 0 Å². The van der Waals surface area contributed by atoms with Crippen LogP contribution in [0.5, 0.6) is 0 Å². The lowest BCUT2D eigenvalue weighted by Crippen LogP contribution is -2.47. The second kappa shape index (κ2) is 8.96. The number of sulfonamides is 1. The number of carbonyl (C=O) groups excluding carboxylic acids is 2. The highest BCUT2D eigenvalue weighted by molar-refractivity contribution is 9.10. The first-order chi connectivity index (χ1) is 12.2. The molecule has 1 aliphatic rings.